The van der Waals surface area contributed by atoms with Crippen LogP contribution in [-0.2, 0) is 24.1 Å². The Morgan fingerprint density at radius 1 is 1.30 bits per heavy atom. The van der Waals surface area contributed by atoms with Crippen LogP contribution >= 0.6 is 0 Å². The van der Waals surface area contributed by atoms with Gasteiger partial charge in [0.15, 0.2) is 5.78 Å². The summed E-state index contributed by atoms with van der Waals surface area (Å²) in [6.45, 7) is 5.23. The number of fused-ring (bicyclic) bond motifs is 1. The highest BCUT2D eigenvalue weighted by Crippen LogP contribution is 2.27. The topological polar surface area (TPSA) is 61.2 Å². The van der Waals surface area contributed by atoms with Crippen LogP contribution in [0.5, 0.6) is 0 Å². The number of aromatic nitrogens is 2. The van der Waals surface area contributed by atoms with E-state index in [4.69, 9.17) is 4.74 Å². The van der Waals surface area contributed by atoms with Crippen molar-refractivity contribution in [2.45, 2.75) is 52.0 Å². The number of carbonyl (C=O) groups excluding carboxylic acids is 1. The van der Waals surface area contributed by atoms with Gasteiger partial charge in [-0.25, -0.2) is 4.68 Å². The Morgan fingerprint density at radius 2 is 2.04 bits per heavy atom. The van der Waals surface area contributed by atoms with Gasteiger partial charge < -0.3 is 4.74 Å². The molecule has 1 aromatic heterocycles. The van der Waals surface area contributed by atoms with Gasteiger partial charge >= 0.3 is 0 Å². The van der Waals surface area contributed by atoms with E-state index in [1.54, 1.807) is 13.2 Å². The Hall–Kier alpha value is -2.27. The van der Waals surface area contributed by atoms with Crippen molar-refractivity contribution >= 4 is 5.78 Å². The number of benzene rings is 1. The monoisotopic (exact) mass is 368 g/mol. The maximum absolute atomic E-state index is 12.6. The summed E-state index contributed by atoms with van der Waals surface area (Å²) in [4.78, 5) is 24.9. The number of hydrogen-bond acceptors (Lipinski definition) is 4. The number of methoxy groups -OCH3 is 1. The second kappa shape index (κ2) is 8.61. The smallest absolute Gasteiger partial charge is 0.267 e. The van der Waals surface area contributed by atoms with Crippen molar-refractivity contribution in [3.63, 3.8) is 0 Å². The van der Waals surface area contributed by atoms with Crippen LogP contribution < -0.4 is 5.56 Å². The Bertz CT molecular complexity index is 853. The zero-order valence-corrected chi connectivity index (χ0v) is 16.4. The zero-order chi connectivity index (χ0) is 19.4. The molecule has 5 nitrogen and oxygen atoms in total. The summed E-state index contributed by atoms with van der Waals surface area (Å²) in [6, 6.07) is 9.64. The van der Waals surface area contributed by atoms with Gasteiger partial charge in [-0.3, -0.25) is 9.59 Å². The average molecular weight is 368 g/mol. The largest absolute Gasteiger partial charge is 0.383 e. The van der Waals surface area contributed by atoms with Crippen LogP contribution in [0.1, 0.15) is 59.8 Å². The average Bonchev–Trinajstić information content (AvgIpc) is 2.66. The van der Waals surface area contributed by atoms with E-state index >= 15 is 0 Å². The van der Waals surface area contributed by atoms with Gasteiger partial charge in [0.05, 0.1) is 18.8 Å². The van der Waals surface area contributed by atoms with Crippen LogP contribution in [0.25, 0.3) is 0 Å². The fourth-order valence-corrected chi connectivity index (χ4v) is 3.65. The second-order valence-corrected chi connectivity index (χ2v) is 7.68. The van der Waals surface area contributed by atoms with Gasteiger partial charge in [-0.1, -0.05) is 38.1 Å². The lowest BCUT2D eigenvalue weighted by atomic mass is 9.83. The van der Waals surface area contributed by atoms with E-state index < -0.39 is 0 Å². The van der Waals surface area contributed by atoms with E-state index in [9.17, 15) is 9.59 Å². The molecule has 1 aromatic carbocycles. The van der Waals surface area contributed by atoms with Crippen molar-refractivity contribution in [3.05, 3.63) is 63.1 Å². The molecule has 3 rings (SSSR count). The molecule has 5 heteroatoms. The fraction of sp³-hybridized carbons (Fsp3) is 0.500. The van der Waals surface area contributed by atoms with Crippen molar-refractivity contribution in [1.29, 1.82) is 0 Å². The molecule has 2 aromatic rings. The number of nitrogens with zero attached hydrogens (tertiary/aromatic N) is 2. The number of rotatable bonds is 7. The molecule has 1 atom stereocenters. The predicted octanol–water partition coefficient (Wildman–Crippen LogP) is 3.39. The highest BCUT2D eigenvalue weighted by Gasteiger charge is 2.23. The number of hydrogen-bond donors (Lipinski definition) is 0. The van der Waals surface area contributed by atoms with Gasteiger partial charge in [0, 0.05) is 25.2 Å². The lowest BCUT2D eigenvalue weighted by molar-refractivity contribution is 0.0957. The van der Waals surface area contributed by atoms with Gasteiger partial charge in [-0.05, 0) is 42.2 Å². The van der Waals surface area contributed by atoms with Gasteiger partial charge in [-0.15, -0.1) is 0 Å². The number of Topliss-reactive ketones (excluding diaryl/α,β-unsaturated/α-hetero) is 1. The van der Waals surface area contributed by atoms with E-state index in [0.717, 1.165) is 36.1 Å². The summed E-state index contributed by atoms with van der Waals surface area (Å²) >= 11 is 0. The van der Waals surface area contributed by atoms with Gasteiger partial charge in [0.2, 0.25) is 0 Å². The van der Waals surface area contributed by atoms with Crippen LogP contribution in [0, 0.1) is 5.92 Å². The molecule has 1 heterocycles. The summed E-state index contributed by atoms with van der Waals surface area (Å²) in [5, 5.41) is 4.49. The minimum absolute atomic E-state index is 0.0953. The standard InChI is InChI=1S/C22H28N2O3/c1-15(2)17-5-7-18(8-6-17)21(25)13-16-4-9-20-19(12-16)14-22(26)24(23-20)10-11-27-3/h5-8,14-16H,4,9-13H2,1-3H3. The first-order valence-electron chi connectivity index (χ1n) is 9.70. The Morgan fingerprint density at radius 3 is 2.70 bits per heavy atom. The van der Waals surface area contributed by atoms with Crippen LogP contribution in [0.3, 0.4) is 0 Å². The molecule has 1 unspecified atom stereocenters. The molecule has 27 heavy (non-hydrogen) atoms. The molecule has 0 fully saturated rings. The van der Waals surface area contributed by atoms with Crippen molar-refractivity contribution in [3.8, 4) is 0 Å². The predicted molar refractivity (Wildman–Crippen MR) is 105 cm³/mol. The first-order valence-corrected chi connectivity index (χ1v) is 9.70. The molecular formula is C22H28N2O3. The zero-order valence-electron chi connectivity index (χ0n) is 16.4. The van der Waals surface area contributed by atoms with Crippen LogP contribution in [0.15, 0.2) is 35.1 Å². The van der Waals surface area contributed by atoms with Crippen molar-refractivity contribution < 1.29 is 9.53 Å². The molecular weight excluding hydrogens is 340 g/mol. The number of aryl methyl sites for hydroxylation is 1. The van der Waals surface area contributed by atoms with Gasteiger partial charge in [0.25, 0.3) is 5.56 Å². The molecule has 0 amide bonds. The van der Waals surface area contributed by atoms with Crippen LogP contribution in [0.4, 0.5) is 0 Å². The molecule has 0 saturated heterocycles. The van der Waals surface area contributed by atoms with E-state index in [0.29, 0.717) is 25.5 Å². The molecule has 0 bridgehead atoms. The van der Waals surface area contributed by atoms with E-state index in [2.05, 4.69) is 18.9 Å². The number of carbonyl (C=O) groups is 1. The molecule has 1 aliphatic carbocycles. The van der Waals surface area contributed by atoms with Gasteiger partial charge in [0.1, 0.15) is 0 Å². The van der Waals surface area contributed by atoms with Gasteiger partial charge in [-0.2, -0.15) is 5.10 Å². The van der Waals surface area contributed by atoms with Crippen LogP contribution in [-0.4, -0.2) is 29.3 Å². The molecule has 0 saturated carbocycles. The third kappa shape index (κ3) is 4.72. The third-order valence-electron chi connectivity index (χ3n) is 5.34. The van der Waals surface area contributed by atoms with E-state index in [-0.39, 0.29) is 17.3 Å². The maximum Gasteiger partial charge on any atom is 0.267 e. The highest BCUT2D eigenvalue weighted by atomic mass is 16.5. The summed E-state index contributed by atoms with van der Waals surface area (Å²) in [5.74, 6) is 0.912. The Labute approximate surface area is 160 Å². The normalized spacial score (nSPS) is 16.4. The van der Waals surface area contributed by atoms with Crippen molar-refractivity contribution in [1.82, 2.24) is 9.78 Å². The molecule has 1 aliphatic rings. The summed E-state index contributed by atoms with van der Waals surface area (Å²) in [5.41, 5.74) is 3.90. The van der Waals surface area contributed by atoms with Crippen molar-refractivity contribution in [2.75, 3.05) is 13.7 Å². The SMILES string of the molecule is COCCn1nc2c(cc1=O)CC(CC(=O)c1ccc(C(C)C)cc1)CC2. The summed E-state index contributed by atoms with van der Waals surface area (Å²) in [7, 11) is 1.61. The third-order valence-corrected chi connectivity index (χ3v) is 5.34. The Kier molecular flexibility index (Phi) is 6.22. The minimum Gasteiger partial charge on any atom is -0.383 e. The van der Waals surface area contributed by atoms with E-state index in [1.807, 2.05) is 24.3 Å². The summed E-state index contributed by atoms with van der Waals surface area (Å²) in [6.07, 6.45) is 3.01. The number of ketones is 1. The second-order valence-electron chi connectivity index (χ2n) is 7.68. The molecule has 0 N–H and O–H groups in total. The number of ether oxygens (including phenoxy) is 1. The molecule has 0 spiro atoms. The fourth-order valence-electron chi connectivity index (χ4n) is 3.65. The lowest BCUT2D eigenvalue weighted by Gasteiger charge is -2.23. The lowest BCUT2D eigenvalue weighted by Crippen LogP contribution is -2.29. The minimum atomic E-state index is -0.0953. The van der Waals surface area contributed by atoms with E-state index in [1.165, 1.54) is 10.2 Å². The molecule has 0 radical (unpaired) electrons. The highest BCUT2D eigenvalue weighted by molar-refractivity contribution is 5.96. The van der Waals surface area contributed by atoms with Crippen LogP contribution in [0.2, 0.25) is 0 Å². The first kappa shape index (κ1) is 19.5. The Balaban J connectivity index is 1.66. The quantitative estimate of drug-likeness (QED) is 0.703. The molecule has 144 valence electrons. The first-order chi connectivity index (χ1) is 13.0. The van der Waals surface area contributed by atoms with Crippen molar-refractivity contribution in [2.24, 2.45) is 5.92 Å². The maximum atomic E-state index is 12.6. The summed E-state index contributed by atoms with van der Waals surface area (Å²) < 4.78 is 6.51. The molecule has 0 aliphatic heterocycles.